The first-order valence-electron chi connectivity index (χ1n) is 11.4. The maximum Gasteiger partial charge on any atom is 0.387 e. The standard InChI is InChI=1S/C26H33F3N2O5/c1-7-17(36-26(3,4)14-32)9-8-15(2)18(13-30-5)16-10-21(34-6)23(22(11-16)35-25(28)29)24(33)31-20-12-19(20)27/h7-11,13,19-20,25,32H,12,14H2,1-6H3,(H,31,33)/b9-8-,17-7+,18-15-,30-13-. The van der Waals surface area contributed by atoms with E-state index in [0.29, 0.717) is 22.5 Å². The second-order valence-electron chi connectivity index (χ2n) is 8.79. The van der Waals surface area contributed by atoms with Gasteiger partial charge in [-0.1, -0.05) is 6.08 Å². The lowest BCUT2D eigenvalue weighted by molar-refractivity contribution is -0.0502. The van der Waals surface area contributed by atoms with Crippen LogP contribution in [0.3, 0.4) is 0 Å². The van der Waals surface area contributed by atoms with Crippen LogP contribution in [-0.2, 0) is 4.74 Å². The van der Waals surface area contributed by atoms with Crippen molar-refractivity contribution >= 4 is 17.7 Å². The molecule has 2 atom stereocenters. The zero-order chi connectivity index (χ0) is 27.0. The topological polar surface area (TPSA) is 89.4 Å². The normalized spacial score (nSPS) is 19.0. The first kappa shape index (κ1) is 29.0. The Labute approximate surface area is 209 Å². The molecule has 1 aliphatic rings. The lowest BCUT2D eigenvalue weighted by Crippen LogP contribution is -2.28. The third-order valence-corrected chi connectivity index (χ3v) is 5.31. The molecular weight excluding hydrogens is 477 g/mol. The highest BCUT2D eigenvalue weighted by Crippen LogP contribution is 2.36. The zero-order valence-electron chi connectivity index (χ0n) is 21.3. The summed E-state index contributed by atoms with van der Waals surface area (Å²) in [6, 6.07) is 2.12. The summed E-state index contributed by atoms with van der Waals surface area (Å²) in [4.78, 5) is 16.8. The molecule has 1 fully saturated rings. The molecular formula is C26H33F3N2O5. The summed E-state index contributed by atoms with van der Waals surface area (Å²) >= 11 is 0. The van der Waals surface area contributed by atoms with E-state index < -0.39 is 36.1 Å². The van der Waals surface area contributed by atoms with Gasteiger partial charge in [-0.25, -0.2) is 4.39 Å². The number of hydrogen-bond donors (Lipinski definition) is 2. The Kier molecular flexibility index (Phi) is 10.2. The summed E-state index contributed by atoms with van der Waals surface area (Å²) in [5.41, 5.74) is 0.593. The number of rotatable bonds is 12. The summed E-state index contributed by atoms with van der Waals surface area (Å²) in [5.74, 6) is -0.683. The Bertz CT molecular complexity index is 1060. The van der Waals surface area contributed by atoms with Gasteiger partial charge < -0.3 is 24.6 Å². The smallest absolute Gasteiger partial charge is 0.387 e. The van der Waals surface area contributed by atoms with Gasteiger partial charge in [0.05, 0.1) is 19.8 Å². The fourth-order valence-electron chi connectivity index (χ4n) is 3.24. The number of alkyl halides is 3. The molecule has 1 aromatic carbocycles. The van der Waals surface area contributed by atoms with Gasteiger partial charge in [-0.2, -0.15) is 8.78 Å². The maximum absolute atomic E-state index is 13.3. The molecule has 0 aromatic heterocycles. The number of hydrogen-bond acceptors (Lipinski definition) is 6. The second-order valence-corrected chi connectivity index (χ2v) is 8.79. The molecule has 0 saturated heterocycles. The Morgan fingerprint density at radius 2 is 1.94 bits per heavy atom. The van der Waals surface area contributed by atoms with E-state index in [0.717, 1.165) is 0 Å². The van der Waals surface area contributed by atoms with Gasteiger partial charge in [0, 0.05) is 25.3 Å². The highest BCUT2D eigenvalue weighted by Gasteiger charge is 2.40. The molecule has 1 aliphatic carbocycles. The number of benzene rings is 1. The number of nitrogens with zero attached hydrogens (tertiary/aromatic N) is 1. The van der Waals surface area contributed by atoms with E-state index in [2.05, 4.69) is 15.0 Å². The van der Waals surface area contributed by atoms with Crippen LogP contribution in [0.15, 0.2) is 46.7 Å². The Morgan fingerprint density at radius 3 is 2.44 bits per heavy atom. The average Bonchev–Trinajstić information content (AvgIpc) is 3.52. The minimum absolute atomic E-state index is 0.0161. The number of carbonyl (C=O) groups is 1. The van der Waals surface area contributed by atoms with Gasteiger partial charge in [-0.15, -0.1) is 0 Å². The first-order valence-corrected chi connectivity index (χ1v) is 11.4. The Balaban J connectivity index is 2.55. The summed E-state index contributed by atoms with van der Waals surface area (Å²) in [6.07, 6.45) is 5.71. The van der Waals surface area contributed by atoms with Gasteiger partial charge in [0.1, 0.15) is 34.6 Å². The minimum atomic E-state index is -3.20. The van der Waals surface area contributed by atoms with Crippen molar-refractivity contribution in [3.05, 3.63) is 52.8 Å². The molecule has 10 heteroatoms. The van der Waals surface area contributed by atoms with Gasteiger partial charge in [0.25, 0.3) is 5.91 Å². The largest absolute Gasteiger partial charge is 0.496 e. The second kappa shape index (κ2) is 12.6. The van der Waals surface area contributed by atoms with Crippen LogP contribution in [0.4, 0.5) is 13.2 Å². The van der Waals surface area contributed by atoms with Crippen LogP contribution < -0.4 is 14.8 Å². The number of allylic oxidation sites excluding steroid dienone is 5. The van der Waals surface area contributed by atoms with Crippen LogP contribution in [-0.4, -0.2) is 62.4 Å². The van der Waals surface area contributed by atoms with Gasteiger partial charge >= 0.3 is 6.61 Å². The van der Waals surface area contributed by atoms with Gasteiger partial charge in [-0.05, 0) is 63.1 Å². The summed E-state index contributed by atoms with van der Waals surface area (Å²) < 4.78 is 55.6. The first-order chi connectivity index (χ1) is 17.0. The number of methoxy groups -OCH3 is 1. The number of amides is 1. The summed E-state index contributed by atoms with van der Waals surface area (Å²) in [7, 11) is 2.85. The molecule has 36 heavy (non-hydrogen) atoms. The molecule has 1 saturated carbocycles. The summed E-state index contributed by atoms with van der Waals surface area (Å²) in [5, 5.41) is 11.9. The number of nitrogens with one attached hydrogen (secondary N) is 1. The van der Waals surface area contributed by atoms with Crippen LogP contribution in [0.1, 0.15) is 50.0 Å². The van der Waals surface area contributed by atoms with E-state index in [1.54, 1.807) is 53.0 Å². The Morgan fingerprint density at radius 1 is 1.31 bits per heavy atom. The lowest BCUT2D eigenvalue weighted by Gasteiger charge is -2.24. The van der Waals surface area contributed by atoms with E-state index in [1.165, 1.54) is 25.5 Å². The van der Waals surface area contributed by atoms with Crippen LogP contribution >= 0.6 is 0 Å². The molecule has 2 rings (SSSR count). The maximum atomic E-state index is 13.3. The molecule has 7 nitrogen and oxygen atoms in total. The van der Waals surface area contributed by atoms with E-state index >= 15 is 0 Å². The van der Waals surface area contributed by atoms with Crippen molar-refractivity contribution in [2.45, 2.75) is 58.5 Å². The average molecular weight is 511 g/mol. The van der Waals surface area contributed by atoms with Crippen molar-refractivity contribution in [3.8, 4) is 11.5 Å². The van der Waals surface area contributed by atoms with Crippen LogP contribution in [0.25, 0.3) is 5.57 Å². The van der Waals surface area contributed by atoms with Crippen molar-refractivity contribution < 1.29 is 37.3 Å². The number of carbonyl (C=O) groups excluding carboxylic acids is 1. The van der Waals surface area contributed by atoms with Crippen molar-refractivity contribution in [1.82, 2.24) is 5.32 Å². The molecule has 0 aliphatic heterocycles. The minimum Gasteiger partial charge on any atom is -0.496 e. The third kappa shape index (κ3) is 7.87. The predicted octanol–water partition coefficient (Wildman–Crippen LogP) is 4.86. The SMILES string of the molecule is C\C=C(/C=C\C(C)=C(\C=N/C)c1cc(OC)c(C(=O)NC2CC2F)c(OC(F)F)c1)OC(C)(C)CO. The monoisotopic (exact) mass is 510 g/mol. The highest BCUT2D eigenvalue weighted by molar-refractivity contribution is 6.12. The molecule has 1 aromatic rings. The molecule has 0 bridgehead atoms. The number of aliphatic hydroxyl groups excluding tert-OH is 1. The molecule has 0 radical (unpaired) electrons. The van der Waals surface area contributed by atoms with Crippen molar-refractivity contribution in [2.75, 3.05) is 20.8 Å². The number of halogens is 3. The Hall–Kier alpha value is -3.27. The van der Waals surface area contributed by atoms with Crippen molar-refractivity contribution in [1.29, 1.82) is 0 Å². The highest BCUT2D eigenvalue weighted by atomic mass is 19.3. The van der Waals surface area contributed by atoms with Crippen LogP contribution in [0, 0.1) is 0 Å². The fourth-order valence-corrected chi connectivity index (χ4v) is 3.24. The van der Waals surface area contributed by atoms with Crippen LogP contribution in [0.5, 0.6) is 11.5 Å². The van der Waals surface area contributed by atoms with Gasteiger partial charge in [0.2, 0.25) is 0 Å². The number of aliphatic imine (C=N–C) groups is 1. The zero-order valence-corrected chi connectivity index (χ0v) is 21.3. The van der Waals surface area contributed by atoms with E-state index in [4.69, 9.17) is 9.47 Å². The van der Waals surface area contributed by atoms with E-state index in [-0.39, 0.29) is 24.3 Å². The third-order valence-electron chi connectivity index (χ3n) is 5.31. The molecule has 2 unspecified atom stereocenters. The van der Waals surface area contributed by atoms with E-state index in [9.17, 15) is 23.1 Å². The predicted molar refractivity (Wildman–Crippen MR) is 133 cm³/mol. The fraction of sp³-hybridized carbons (Fsp3) is 0.462. The molecule has 0 spiro atoms. The van der Waals surface area contributed by atoms with Gasteiger partial charge in [-0.3, -0.25) is 9.79 Å². The molecule has 1 amide bonds. The number of aliphatic hydroxyl groups is 1. The summed E-state index contributed by atoms with van der Waals surface area (Å²) in [6.45, 7) is 3.67. The molecule has 2 N–H and O–H groups in total. The van der Waals surface area contributed by atoms with E-state index in [1.807, 2.05) is 0 Å². The molecule has 0 heterocycles. The van der Waals surface area contributed by atoms with Crippen LogP contribution in [0.2, 0.25) is 0 Å². The quantitative estimate of drug-likeness (QED) is 0.238. The molecule has 198 valence electrons. The van der Waals surface area contributed by atoms with Crippen molar-refractivity contribution in [3.63, 3.8) is 0 Å². The lowest BCUT2D eigenvalue weighted by atomic mass is 9.98. The van der Waals surface area contributed by atoms with Crippen molar-refractivity contribution in [2.24, 2.45) is 4.99 Å². The van der Waals surface area contributed by atoms with Gasteiger partial charge in [0.15, 0.2) is 0 Å². The number of ether oxygens (including phenoxy) is 3.